The lowest BCUT2D eigenvalue weighted by molar-refractivity contribution is -0.117. The molecule has 5 heteroatoms. The first-order chi connectivity index (χ1) is 8.49. The number of benzene rings is 1. The highest BCUT2D eigenvalue weighted by molar-refractivity contribution is 5.95. The molecule has 0 aliphatic carbocycles. The number of carbonyl (C=O) groups is 1. The van der Waals surface area contributed by atoms with E-state index in [1.54, 1.807) is 0 Å². The Morgan fingerprint density at radius 2 is 2.28 bits per heavy atom. The minimum atomic E-state index is -0.622. The molecule has 0 fully saturated rings. The Balaban J connectivity index is 2.94. The van der Waals surface area contributed by atoms with Gasteiger partial charge in [0.05, 0.1) is 17.7 Å². The second-order valence-electron chi connectivity index (χ2n) is 4.13. The summed E-state index contributed by atoms with van der Waals surface area (Å²) < 4.78 is 13.5. The normalized spacial score (nSPS) is 11.7. The number of anilines is 1. The molecule has 0 spiro atoms. The van der Waals surface area contributed by atoms with Gasteiger partial charge in [-0.05, 0) is 25.5 Å². The Morgan fingerprint density at radius 1 is 1.61 bits per heavy atom. The molecule has 1 amide bonds. The van der Waals surface area contributed by atoms with Crippen LogP contribution in [0.2, 0.25) is 0 Å². The van der Waals surface area contributed by atoms with E-state index in [2.05, 4.69) is 5.32 Å². The van der Waals surface area contributed by atoms with Crippen molar-refractivity contribution in [3.05, 3.63) is 29.1 Å². The molecule has 1 atom stereocenters. The standard InChI is InChI=1S/C13H16FN3O/c1-3-4-11(16)13(18)17-12-6-9(7-15)5-10(14)8(12)2/h5-6,11H,3-4,16H2,1-2H3,(H,17,18)/t11-/m0/s1. The number of rotatable bonds is 4. The number of carbonyl (C=O) groups excluding carboxylic acids is 1. The first kappa shape index (κ1) is 14.1. The average Bonchev–Trinajstić information content (AvgIpc) is 2.34. The van der Waals surface area contributed by atoms with Gasteiger partial charge in [0, 0.05) is 11.3 Å². The van der Waals surface area contributed by atoms with Crippen LogP contribution in [0.15, 0.2) is 12.1 Å². The lowest BCUT2D eigenvalue weighted by Gasteiger charge is -2.13. The molecule has 4 nitrogen and oxygen atoms in total. The molecule has 0 bridgehead atoms. The first-order valence-corrected chi connectivity index (χ1v) is 5.76. The fraction of sp³-hybridized carbons (Fsp3) is 0.385. The third kappa shape index (κ3) is 3.28. The molecule has 18 heavy (non-hydrogen) atoms. The Morgan fingerprint density at radius 3 is 2.83 bits per heavy atom. The van der Waals surface area contributed by atoms with Crippen LogP contribution in [0.5, 0.6) is 0 Å². The van der Waals surface area contributed by atoms with Crippen molar-refractivity contribution < 1.29 is 9.18 Å². The van der Waals surface area contributed by atoms with Crippen LogP contribution in [-0.2, 0) is 4.79 Å². The van der Waals surface area contributed by atoms with Gasteiger partial charge in [-0.15, -0.1) is 0 Å². The zero-order valence-corrected chi connectivity index (χ0v) is 10.5. The summed E-state index contributed by atoms with van der Waals surface area (Å²) in [6.07, 6.45) is 1.35. The summed E-state index contributed by atoms with van der Waals surface area (Å²) in [5, 5.41) is 11.3. The Kier molecular flexibility index (Phi) is 4.81. The van der Waals surface area contributed by atoms with Crippen molar-refractivity contribution in [1.29, 1.82) is 5.26 Å². The molecule has 0 saturated heterocycles. The number of nitriles is 1. The maximum atomic E-state index is 13.5. The average molecular weight is 249 g/mol. The van der Waals surface area contributed by atoms with Crippen molar-refractivity contribution >= 4 is 11.6 Å². The molecule has 0 aromatic heterocycles. The molecule has 0 radical (unpaired) electrons. The Hall–Kier alpha value is -1.93. The van der Waals surface area contributed by atoms with E-state index in [0.29, 0.717) is 17.7 Å². The van der Waals surface area contributed by atoms with Crippen LogP contribution in [0.1, 0.15) is 30.9 Å². The van der Waals surface area contributed by atoms with E-state index in [0.717, 1.165) is 12.5 Å². The summed E-state index contributed by atoms with van der Waals surface area (Å²) in [5.41, 5.74) is 6.42. The number of halogens is 1. The van der Waals surface area contributed by atoms with Crippen molar-refractivity contribution in [1.82, 2.24) is 0 Å². The molecule has 0 unspecified atom stereocenters. The van der Waals surface area contributed by atoms with Crippen LogP contribution >= 0.6 is 0 Å². The van der Waals surface area contributed by atoms with Gasteiger partial charge in [-0.25, -0.2) is 4.39 Å². The summed E-state index contributed by atoms with van der Waals surface area (Å²) in [6.45, 7) is 3.46. The molecule has 1 rings (SSSR count). The SMILES string of the molecule is CCC[C@H](N)C(=O)Nc1cc(C#N)cc(F)c1C. The molecule has 0 aliphatic rings. The first-order valence-electron chi connectivity index (χ1n) is 5.76. The van der Waals surface area contributed by atoms with E-state index < -0.39 is 11.9 Å². The maximum absolute atomic E-state index is 13.5. The minimum absolute atomic E-state index is 0.164. The van der Waals surface area contributed by atoms with Gasteiger partial charge >= 0.3 is 0 Å². The second-order valence-corrected chi connectivity index (χ2v) is 4.13. The van der Waals surface area contributed by atoms with Crippen LogP contribution in [-0.4, -0.2) is 11.9 Å². The summed E-state index contributed by atoms with van der Waals surface area (Å²) >= 11 is 0. The van der Waals surface area contributed by atoms with Crippen molar-refractivity contribution in [2.24, 2.45) is 5.73 Å². The second kappa shape index (κ2) is 6.12. The van der Waals surface area contributed by atoms with Crippen molar-refractivity contribution in [2.45, 2.75) is 32.7 Å². The van der Waals surface area contributed by atoms with E-state index >= 15 is 0 Å². The summed E-state index contributed by atoms with van der Waals surface area (Å²) in [7, 11) is 0. The fourth-order valence-electron chi connectivity index (χ4n) is 1.54. The molecule has 0 saturated carbocycles. The molecule has 0 heterocycles. The third-order valence-electron chi connectivity index (χ3n) is 2.67. The van der Waals surface area contributed by atoms with E-state index in [9.17, 15) is 9.18 Å². The predicted molar refractivity (Wildman–Crippen MR) is 67.4 cm³/mol. The molecule has 0 aliphatic heterocycles. The van der Waals surface area contributed by atoms with E-state index in [-0.39, 0.29) is 11.5 Å². The number of amides is 1. The number of hydrogen-bond donors (Lipinski definition) is 2. The molecule has 1 aromatic carbocycles. The zero-order chi connectivity index (χ0) is 13.7. The van der Waals surface area contributed by atoms with Gasteiger partial charge in [0.15, 0.2) is 0 Å². The topological polar surface area (TPSA) is 78.9 Å². The van der Waals surface area contributed by atoms with Gasteiger partial charge in [-0.2, -0.15) is 5.26 Å². The monoisotopic (exact) mass is 249 g/mol. The van der Waals surface area contributed by atoms with Crippen molar-refractivity contribution in [2.75, 3.05) is 5.32 Å². The van der Waals surface area contributed by atoms with Crippen molar-refractivity contribution in [3.8, 4) is 6.07 Å². The van der Waals surface area contributed by atoms with Crippen LogP contribution in [0, 0.1) is 24.1 Å². The number of hydrogen-bond acceptors (Lipinski definition) is 3. The highest BCUT2D eigenvalue weighted by Crippen LogP contribution is 2.20. The molecule has 1 aromatic rings. The van der Waals surface area contributed by atoms with E-state index in [1.807, 2.05) is 13.0 Å². The smallest absolute Gasteiger partial charge is 0.241 e. The molecular weight excluding hydrogens is 233 g/mol. The lowest BCUT2D eigenvalue weighted by Crippen LogP contribution is -2.35. The fourth-order valence-corrected chi connectivity index (χ4v) is 1.54. The number of nitrogens with two attached hydrogens (primary N) is 1. The Labute approximate surface area is 106 Å². The Bertz CT molecular complexity index is 494. The van der Waals surface area contributed by atoms with Gasteiger partial charge in [-0.3, -0.25) is 4.79 Å². The van der Waals surface area contributed by atoms with Crippen molar-refractivity contribution in [3.63, 3.8) is 0 Å². The highest BCUT2D eigenvalue weighted by atomic mass is 19.1. The van der Waals surface area contributed by atoms with Crippen LogP contribution in [0.3, 0.4) is 0 Å². The van der Waals surface area contributed by atoms with Crippen LogP contribution < -0.4 is 11.1 Å². The largest absolute Gasteiger partial charge is 0.324 e. The predicted octanol–water partition coefficient (Wildman–Crippen LogP) is 2.07. The molecular formula is C13H16FN3O. The van der Waals surface area contributed by atoms with Gasteiger partial charge in [-0.1, -0.05) is 13.3 Å². The molecule has 96 valence electrons. The van der Waals surface area contributed by atoms with Crippen LogP contribution in [0.4, 0.5) is 10.1 Å². The zero-order valence-electron chi connectivity index (χ0n) is 10.5. The van der Waals surface area contributed by atoms with Gasteiger partial charge in [0.25, 0.3) is 0 Å². The third-order valence-corrected chi connectivity index (χ3v) is 2.67. The summed E-state index contributed by atoms with van der Waals surface area (Å²) in [6, 6.07) is 3.79. The van der Waals surface area contributed by atoms with Gasteiger partial charge in [0.1, 0.15) is 5.82 Å². The summed E-state index contributed by atoms with van der Waals surface area (Å²) in [5.74, 6) is -0.886. The maximum Gasteiger partial charge on any atom is 0.241 e. The highest BCUT2D eigenvalue weighted by Gasteiger charge is 2.15. The lowest BCUT2D eigenvalue weighted by atomic mass is 10.1. The number of nitrogens with one attached hydrogen (secondary N) is 1. The number of nitrogens with zero attached hydrogens (tertiary/aromatic N) is 1. The molecule has 3 N–H and O–H groups in total. The van der Waals surface area contributed by atoms with Gasteiger partial charge in [0.2, 0.25) is 5.91 Å². The summed E-state index contributed by atoms with van der Waals surface area (Å²) in [4.78, 5) is 11.7. The van der Waals surface area contributed by atoms with Gasteiger partial charge < -0.3 is 11.1 Å². The van der Waals surface area contributed by atoms with Crippen LogP contribution in [0.25, 0.3) is 0 Å². The van der Waals surface area contributed by atoms with E-state index in [1.165, 1.54) is 13.0 Å². The van der Waals surface area contributed by atoms with E-state index in [4.69, 9.17) is 11.0 Å². The minimum Gasteiger partial charge on any atom is -0.324 e. The quantitative estimate of drug-likeness (QED) is 0.857.